The molecule has 0 spiro atoms. The first-order valence-corrected chi connectivity index (χ1v) is 6.12. The minimum absolute atomic E-state index is 0.175. The summed E-state index contributed by atoms with van der Waals surface area (Å²) in [6, 6.07) is 4.22. The minimum Gasteiger partial charge on any atom is -0.303 e. The highest BCUT2D eigenvalue weighted by atomic mass is 16.1. The molecule has 3 rings (SSSR count). The van der Waals surface area contributed by atoms with Crippen LogP contribution in [0.2, 0.25) is 0 Å². The number of rotatable bonds is 3. The Morgan fingerprint density at radius 2 is 2.29 bits per heavy atom. The average molecular weight is 228 g/mol. The Balaban J connectivity index is 2.19. The van der Waals surface area contributed by atoms with Crippen molar-refractivity contribution in [2.45, 2.75) is 39.0 Å². The van der Waals surface area contributed by atoms with E-state index in [1.807, 2.05) is 0 Å². The molecule has 3 heteroatoms. The molecule has 0 aliphatic heterocycles. The Bertz CT molecular complexity index is 594. The largest absolute Gasteiger partial charge is 0.303 e. The summed E-state index contributed by atoms with van der Waals surface area (Å²) in [5.74, 6) is 1.91. The Morgan fingerprint density at radius 3 is 2.94 bits per heavy atom. The highest BCUT2D eigenvalue weighted by Gasteiger charge is 2.29. The fourth-order valence-electron chi connectivity index (χ4n) is 2.27. The van der Waals surface area contributed by atoms with Gasteiger partial charge in [-0.2, -0.15) is 0 Å². The van der Waals surface area contributed by atoms with Crippen LogP contribution in [0.15, 0.2) is 18.3 Å². The number of Topliss-reactive ketones (excluding diaryl/α,β-unsaturated/α-hetero) is 1. The van der Waals surface area contributed by atoms with E-state index in [4.69, 9.17) is 0 Å². The fourth-order valence-corrected chi connectivity index (χ4v) is 2.27. The lowest BCUT2D eigenvalue weighted by atomic mass is 10.2. The molecule has 0 unspecified atom stereocenters. The first-order chi connectivity index (χ1) is 8.15. The molecule has 1 aliphatic rings. The fraction of sp³-hybridized carbons (Fsp3) is 0.429. The van der Waals surface area contributed by atoms with E-state index in [0.29, 0.717) is 12.3 Å². The number of aryl methyl sites for hydroxylation is 1. The van der Waals surface area contributed by atoms with Crippen LogP contribution in [0.3, 0.4) is 0 Å². The molecule has 1 aliphatic carbocycles. The topological polar surface area (TPSA) is 34.4 Å². The van der Waals surface area contributed by atoms with Gasteiger partial charge < -0.3 is 4.40 Å². The van der Waals surface area contributed by atoms with Crippen molar-refractivity contribution in [2.24, 2.45) is 0 Å². The molecule has 0 N–H and O–H groups in total. The van der Waals surface area contributed by atoms with E-state index in [9.17, 15) is 4.79 Å². The molecule has 2 heterocycles. The van der Waals surface area contributed by atoms with Gasteiger partial charge >= 0.3 is 0 Å². The van der Waals surface area contributed by atoms with Gasteiger partial charge in [0.15, 0.2) is 0 Å². The predicted octanol–water partition coefficient (Wildman–Crippen LogP) is 2.65. The number of nitrogens with zero attached hydrogens (tertiary/aromatic N) is 2. The summed E-state index contributed by atoms with van der Waals surface area (Å²) in [7, 11) is 0. The summed E-state index contributed by atoms with van der Waals surface area (Å²) in [4.78, 5) is 16.0. The van der Waals surface area contributed by atoms with Crippen LogP contribution in [0.1, 0.15) is 42.8 Å². The van der Waals surface area contributed by atoms with E-state index in [1.165, 1.54) is 18.4 Å². The SMILES string of the molecule is CC(=O)Cc1nc(C2CC2)n2ccc(C)cc12. The second-order valence-corrected chi connectivity index (χ2v) is 5.03. The molecule has 2 aromatic rings. The molecule has 17 heavy (non-hydrogen) atoms. The van der Waals surface area contributed by atoms with Crippen molar-refractivity contribution >= 4 is 11.3 Å². The molecule has 1 saturated carbocycles. The normalized spacial score (nSPS) is 15.4. The number of fused-ring (bicyclic) bond motifs is 1. The molecule has 0 atom stereocenters. The smallest absolute Gasteiger partial charge is 0.135 e. The van der Waals surface area contributed by atoms with Crippen molar-refractivity contribution in [3.05, 3.63) is 35.4 Å². The van der Waals surface area contributed by atoms with E-state index in [2.05, 4.69) is 34.6 Å². The van der Waals surface area contributed by atoms with Crippen molar-refractivity contribution in [1.29, 1.82) is 0 Å². The average Bonchev–Trinajstić information content (AvgIpc) is 3.04. The van der Waals surface area contributed by atoms with Crippen molar-refractivity contribution < 1.29 is 4.79 Å². The maximum atomic E-state index is 11.3. The third-order valence-electron chi connectivity index (χ3n) is 3.26. The number of carbonyl (C=O) groups is 1. The van der Waals surface area contributed by atoms with Gasteiger partial charge in [0.05, 0.1) is 17.6 Å². The van der Waals surface area contributed by atoms with Crippen LogP contribution < -0.4 is 0 Å². The van der Waals surface area contributed by atoms with E-state index >= 15 is 0 Å². The zero-order valence-corrected chi connectivity index (χ0v) is 10.2. The van der Waals surface area contributed by atoms with Crippen molar-refractivity contribution in [2.75, 3.05) is 0 Å². The van der Waals surface area contributed by atoms with Crippen LogP contribution >= 0.6 is 0 Å². The lowest BCUT2D eigenvalue weighted by Gasteiger charge is -2.00. The molecule has 0 bridgehead atoms. The first kappa shape index (κ1) is 10.5. The van der Waals surface area contributed by atoms with Crippen LogP contribution in [-0.2, 0) is 11.2 Å². The molecule has 88 valence electrons. The maximum Gasteiger partial charge on any atom is 0.135 e. The van der Waals surface area contributed by atoms with Crippen LogP contribution in [0, 0.1) is 6.92 Å². The van der Waals surface area contributed by atoms with Gasteiger partial charge in [-0.3, -0.25) is 4.79 Å². The van der Waals surface area contributed by atoms with Gasteiger partial charge in [0, 0.05) is 12.1 Å². The van der Waals surface area contributed by atoms with E-state index < -0.39 is 0 Å². The van der Waals surface area contributed by atoms with Crippen LogP contribution in [-0.4, -0.2) is 15.2 Å². The van der Waals surface area contributed by atoms with Gasteiger partial charge in [0.2, 0.25) is 0 Å². The minimum atomic E-state index is 0.175. The molecular weight excluding hydrogens is 212 g/mol. The standard InChI is InChI=1S/C14H16N2O/c1-9-5-6-16-13(7-9)12(8-10(2)17)15-14(16)11-3-4-11/h5-7,11H,3-4,8H2,1-2H3. The summed E-state index contributed by atoms with van der Waals surface area (Å²) in [5, 5.41) is 0. The van der Waals surface area contributed by atoms with Gasteiger partial charge in [-0.05, 0) is 44.4 Å². The van der Waals surface area contributed by atoms with Crippen LogP contribution in [0.5, 0.6) is 0 Å². The Morgan fingerprint density at radius 1 is 1.53 bits per heavy atom. The Kier molecular flexibility index (Phi) is 2.28. The quantitative estimate of drug-likeness (QED) is 0.809. The number of imidazole rings is 1. The van der Waals surface area contributed by atoms with Crippen LogP contribution in [0.4, 0.5) is 0 Å². The predicted molar refractivity (Wildman–Crippen MR) is 66.3 cm³/mol. The zero-order chi connectivity index (χ0) is 12.0. The number of carbonyl (C=O) groups excluding carboxylic acids is 1. The summed E-state index contributed by atoms with van der Waals surface area (Å²) in [6.07, 6.45) is 4.98. The number of pyridine rings is 1. The first-order valence-electron chi connectivity index (χ1n) is 6.12. The summed E-state index contributed by atoms with van der Waals surface area (Å²) >= 11 is 0. The Labute approximate surface area is 100 Å². The van der Waals surface area contributed by atoms with Crippen LogP contribution in [0.25, 0.3) is 5.52 Å². The number of hydrogen-bond donors (Lipinski definition) is 0. The number of aromatic nitrogens is 2. The summed E-state index contributed by atoms with van der Waals surface area (Å²) < 4.78 is 2.16. The number of ketones is 1. The molecule has 0 amide bonds. The molecule has 1 fully saturated rings. The molecule has 0 radical (unpaired) electrons. The second-order valence-electron chi connectivity index (χ2n) is 5.03. The Hall–Kier alpha value is -1.64. The summed E-state index contributed by atoms with van der Waals surface area (Å²) in [5.41, 5.74) is 3.25. The van der Waals surface area contributed by atoms with E-state index in [0.717, 1.165) is 17.0 Å². The van der Waals surface area contributed by atoms with Gasteiger partial charge in [-0.1, -0.05) is 0 Å². The van der Waals surface area contributed by atoms with Gasteiger partial charge in [0.25, 0.3) is 0 Å². The van der Waals surface area contributed by atoms with Crippen molar-refractivity contribution in [1.82, 2.24) is 9.38 Å². The molecule has 2 aromatic heterocycles. The molecule has 0 aromatic carbocycles. The van der Waals surface area contributed by atoms with Gasteiger partial charge in [0.1, 0.15) is 11.6 Å². The molecule has 3 nitrogen and oxygen atoms in total. The monoisotopic (exact) mass is 228 g/mol. The third-order valence-corrected chi connectivity index (χ3v) is 3.26. The zero-order valence-electron chi connectivity index (χ0n) is 10.2. The van der Waals surface area contributed by atoms with E-state index in [-0.39, 0.29) is 5.78 Å². The molecule has 0 saturated heterocycles. The van der Waals surface area contributed by atoms with Crippen molar-refractivity contribution in [3.63, 3.8) is 0 Å². The van der Waals surface area contributed by atoms with Crippen molar-refractivity contribution in [3.8, 4) is 0 Å². The highest BCUT2D eigenvalue weighted by molar-refractivity contribution is 5.80. The third kappa shape index (κ3) is 1.86. The maximum absolute atomic E-state index is 11.3. The number of hydrogen-bond acceptors (Lipinski definition) is 2. The van der Waals surface area contributed by atoms with E-state index in [1.54, 1.807) is 6.92 Å². The highest BCUT2D eigenvalue weighted by Crippen LogP contribution is 2.40. The van der Waals surface area contributed by atoms with Gasteiger partial charge in [-0.25, -0.2) is 4.98 Å². The van der Waals surface area contributed by atoms with Gasteiger partial charge in [-0.15, -0.1) is 0 Å². The lowest BCUT2D eigenvalue weighted by molar-refractivity contribution is -0.116. The summed E-state index contributed by atoms with van der Waals surface area (Å²) in [6.45, 7) is 3.69. The molecular formula is C14H16N2O. The second kappa shape index (κ2) is 3.69. The lowest BCUT2D eigenvalue weighted by Crippen LogP contribution is -1.97.